The highest BCUT2D eigenvalue weighted by atomic mass is 35.5. The van der Waals surface area contributed by atoms with Gasteiger partial charge in [0.1, 0.15) is 12.7 Å². The molecular weight excluding hydrogens is 382 g/mol. The molecule has 2 heterocycles. The molecule has 0 aliphatic carbocycles. The number of hydrogen-bond acceptors (Lipinski definition) is 6. The monoisotopic (exact) mass is 401 g/mol. The van der Waals surface area contributed by atoms with E-state index in [-0.39, 0.29) is 25.6 Å². The summed E-state index contributed by atoms with van der Waals surface area (Å²) in [4.78, 5) is 28.1. The Kier molecular flexibility index (Phi) is 6.44. The highest BCUT2D eigenvalue weighted by molar-refractivity contribution is 6.30. The highest BCUT2D eigenvalue weighted by Gasteiger charge is 2.30. The lowest BCUT2D eigenvalue weighted by atomic mass is 10.0. The Labute approximate surface area is 168 Å². The van der Waals surface area contributed by atoms with Crippen LogP contribution >= 0.6 is 11.6 Å². The van der Waals surface area contributed by atoms with Crippen LogP contribution in [0.5, 0.6) is 5.75 Å². The molecule has 3 rings (SSSR count). The molecule has 0 radical (unpaired) electrons. The minimum Gasteiger partial charge on any atom is -0.461 e. The second-order valence-corrected chi connectivity index (χ2v) is 6.73. The summed E-state index contributed by atoms with van der Waals surface area (Å²) in [5.41, 5.74) is 3.16. The molecule has 6 nitrogen and oxygen atoms in total. The van der Waals surface area contributed by atoms with E-state index in [0.717, 1.165) is 16.7 Å². The van der Waals surface area contributed by atoms with Gasteiger partial charge in [0.05, 0.1) is 25.1 Å². The van der Waals surface area contributed by atoms with Crippen LogP contribution in [-0.4, -0.2) is 23.5 Å². The van der Waals surface area contributed by atoms with Crippen molar-refractivity contribution in [1.29, 1.82) is 0 Å². The third-order valence-corrected chi connectivity index (χ3v) is 4.56. The molecule has 7 heteroatoms. The van der Waals surface area contributed by atoms with Gasteiger partial charge in [0.2, 0.25) is 0 Å². The minimum atomic E-state index is -0.524. The third kappa shape index (κ3) is 4.58. The first-order chi connectivity index (χ1) is 13.5. The molecule has 0 saturated heterocycles. The van der Waals surface area contributed by atoms with Crippen LogP contribution in [0.3, 0.4) is 0 Å². The van der Waals surface area contributed by atoms with E-state index in [0.29, 0.717) is 23.1 Å². The molecule has 1 atom stereocenters. The zero-order valence-corrected chi connectivity index (χ0v) is 16.2. The summed E-state index contributed by atoms with van der Waals surface area (Å²) in [6.45, 7) is 5.64. The number of hydrogen-bond donors (Lipinski definition) is 0. The van der Waals surface area contributed by atoms with Gasteiger partial charge < -0.3 is 14.2 Å². The van der Waals surface area contributed by atoms with E-state index in [1.165, 1.54) is 6.08 Å². The normalized spacial score (nSPS) is 15.0. The highest BCUT2D eigenvalue weighted by Crippen LogP contribution is 2.41. The SMILES string of the molecule is C=CCOC(=O)CCC(=O)Oc1c(C)ncc2c1CO[C@H]2c1ccc(Cl)cc1. The van der Waals surface area contributed by atoms with Gasteiger partial charge in [0.25, 0.3) is 0 Å². The lowest BCUT2D eigenvalue weighted by Crippen LogP contribution is -2.14. The number of fused-ring (bicyclic) bond motifs is 1. The molecular formula is C21H20ClNO5. The van der Waals surface area contributed by atoms with Crippen LogP contribution in [0.1, 0.15) is 41.3 Å². The van der Waals surface area contributed by atoms with Crippen molar-refractivity contribution in [2.24, 2.45) is 0 Å². The minimum absolute atomic E-state index is 0.0575. The van der Waals surface area contributed by atoms with Gasteiger partial charge >= 0.3 is 11.9 Å². The molecule has 146 valence electrons. The molecule has 0 spiro atoms. The molecule has 28 heavy (non-hydrogen) atoms. The van der Waals surface area contributed by atoms with Gasteiger partial charge in [-0.25, -0.2) is 0 Å². The molecule has 0 fully saturated rings. The summed E-state index contributed by atoms with van der Waals surface area (Å²) in [5, 5.41) is 0.644. The van der Waals surface area contributed by atoms with E-state index in [1.54, 1.807) is 25.3 Å². The van der Waals surface area contributed by atoms with E-state index in [4.69, 9.17) is 25.8 Å². The maximum absolute atomic E-state index is 12.2. The number of esters is 2. The smallest absolute Gasteiger partial charge is 0.311 e. The van der Waals surface area contributed by atoms with Gasteiger partial charge in [-0.05, 0) is 24.6 Å². The van der Waals surface area contributed by atoms with Crippen LogP contribution in [0.2, 0.25) is 5.02 Å². The molecule has 0 amide bonds. The van der Waals surface area contributed by atoms with E-state index in [2.05, 4.69) is 11.6 Å². The zero-order chi connectivity index (χ0) is 20.1. The molecule has 0 N–H and O–H groups in total. The van der Waals surface area contributed by atoms with Crippen LogP contribution in [0.4, 0.5) is 0 Å². The van der Waals surface area contributed by atoms with Gasteiger partial charge in [-0.1, -0.05) is 36.4 Å². The Morgan fingerprint density at radius 2 is 2.00 bits per heavy atom. The number of aromatic nitrogens is 1. The van der Waals surface area contributed by atoms with Crippen molar-refractivity contribution in [3.05, 3.63) is 70.5 Å². The summed E-state index contributed by atoms with van der Waals surface area (Å²) >= 11 is 5.95. The Morgan fingerprint density at radius 1 is 1.29 bits per heavy atom. The topological polar surface area (TPSA) is 74.7 Å². The Hall–Kier alpha value is -2.70. The number of rotatable bonds is 7. The van der Waals surface area contributed by atoms with Crippen LogP contribution in [0.15, 0.2) is 43.1 Å². The van der Waals surface area contributed by atoms with Crippen molar-refractivity contribution >= 4 is 23.5 Å². The number of halogens is 1. The van der Waals surface area contributed by atoms with Gasteiger partial charge in [0.15, 0.2) is 5.75 Å². The Morgan fingerprint density at radius 3 is 2.71 bits per heavy atom. The number of aryl methyl sites for hydroxylation is 1. The summed E-state index contributed by atoms with van der Waals surface area (Å²) in [6, 6.07) is 7.38. The number of pyridine rings is 1. The number of ether oxygens (including phenoxy) is 3. The predicted octanol–water partition coefficient (Wildman–Crippen LogP) is 4.08. The molecule has 1 aromatic heterocycles. The average molecular weight is 402 g/mol. The second kappa shape index (κ2) is 8.99. The Balaban J connectivity index is 1.73. The molecule has 2 aromatic rings. The Bertz CT molecular complexity index is 894. The van der Waals surface area contributed by atoms with Crippen molar-refractivity contribution in [3.63, 3.8) is 0 Å². The van der Waals surface area contributed by atoms with Crippen LogP contribution in [0.25, 0.3) is 0 Å². The number of carbonyl (C=O) groups is 2. The molecule has 0 saturated carbocycles. The van der Waals surface area contributed by atoms with Crippen molar-refractivity contribution in [2.75, 3.05) is 6.61 Å². The predicted molar refractivity (Wildman–Crippen MR) is 103 cm³/mol. The molecule has 0 bridgehead atoms. The summed E-state index contributed by atoms with van der Waals surface area (Å²) in [5.74, 6) is -0.613. The summed E-state index contributed by atoms with van der Waals surface area (Å²) in [6.07, 6.45) is 2.77. The molecule has 1 aliphatic heterocycles. The fourth-order valence-corrected chi connectivity index (χ4v) is 3.05. The largest absolute Gasteiger partial charge is 0.461 e. The van der Waals surface area contributed by atoms with E-state index >= 15 is 0 Å². The number of nitrogens with zero attached hydrogens (tertiary/aromatic N) is 1. The van der Waals surface area contributed by atoms with E-state index in [1.807, 2.05) is 12.1 Å². The lowest BCUT2D eigenvalue weighted by molar-refractivity contribution is -0.146. The first-order valence-electron chi connectivity index (χ1n) is 8.82. The first-order valence-corrected chi connectivity index (χ1v) is 9.20. The number of carbonyl (C=O) groups excluding carboxylic acids is 2. The lowest BCUT2D eigenvalue weighted by Gasteiger charge is -2.13. The molecule has 1 aliphatic rings. The van der Waals surface area contributed by atoms with Gasteiger partial charge in [-0.2, -0.15) is 0 Å². The van der Waals surface area contributed by atoms with Crippen molar-refractivity contribution in [3.8, 4) is 5.75 Å². The maximum atomic E-state index is 12.2. The van der Waals surface area contributed by atoms with E-state index in [9.17, 15) is 9.59 Å². The van der Waals surface area contributed by atoms with Crippen LogP contribution in [-0.2, 0) is 25.7 Å². The fraction of sp³-hybridized carbons (Fsp3) is 0.286. The molecule has 0 unspecified atom stereocenters. The molecule has 1 aromatic carbocycles. The second-order valence-electron chi connectivity index (χ2n) is 6.29. The number of benzene rings is 1. The van der Waals surface area contributed by atoms with Crippen LogP contribution < -0.4 is 4.74 Å². The van der Waals surface area contributed by atoms with Crippen molar-refractivity contribution < 1.29 is 23.8 Å². The zero-order valence-electron chi connectivity index (χ0n) is 15.4. The van der Waals surface area contributed by atoms with Crippen molar-refractivity contribution in [1.82, 2.24) is 4.98 Å². The third-order valence-electron chi connectivity index (χ3n) is 4.31. The van der Waals surface area contributed by atoms with Gasteiger partial charge in [-0.3, -0.25) is 14.6 Å². The van der Waals surface area contributed by atoms with Gasteiger partial charge in [0, 0.05) is 22.3 Å². The van der Waals surface area contributed by atoms with Crippen molar-refractivity contribution in [2.45, 2.75) is 32.5 Å². The fourth-order valence-electron chi connectivity index (χ4n) is 2.93. The average Bonchev–Trinajstić information content (AvgIpc) is 3.12. The first kappa shape index (κ1) is 20.0. The van der Waals surface area contributed by atoms with E-state index < -0.39 is 11.9 Å². The van der Waals surface area contributed by atoms with Crippen LogP contribution in [0, 0.1) is 6.92 Å². The summed E-state index contributed by atoms with van der Waals surface area (Å²) in [7, 11) is 0. The maximum Gasteiger partial charge on any atom is 0.311 e. The quantitative estimate of drug-likeness (QED) is 0.514. The summed E-state index contributed by atoms with van der Waals surface area (Å²) < 4.78 is 16.3. The van der Waals surface area contributed by atoms with Gasteiger partial charge in [-0.15, -0.1) is 0 Å². The standard InChI is InChI=1S/C21H20ClNO5/c1-3-10-26-18(24)8-9-19(25)28-20-13(2)23-11-16-17(20)12-27-21(16)14-4-6-15(22)7-5-14/h3-7,11,21H,1,8-10,12H2,2H3/t21-/m0/s1.